The summed E-state index contributed by atoms with van der Waals surface area (Å²) in [4.78, 5) is 19.0. The Kier molecular flexibility index (Phi) is 4.68. The molecule has 1 aliphatic rings. The Morgan fingerprint density at radius 3 is 2.55 bits per heavy atom. The Morgan fingerprint density at radius 1 is 1.00 bits per heavy atom. The zero-order valence-electron chi connectivity index (χ0n) is 12.7. The second-order valence-electron chi connectivity index (χ2n) is 5.60. The van der Waals surface area contributed by atoms with Gasteiger partial charge in [0, 0.05) is 19.6 Å². The van der Waals surface area contributed by atoms with E-state index in [9.17, 15) is 4.79 Å². The molecule has 1 fully saturated rings. The fraction of sp³-hybridized carbons (Fsp3) is 0.333. The Bertz CT molecular complexity index is 621. The van der Waals surface area contributed by atoms with E-state index in [4.69, 9.17) is 0 Å². The smallest absolute Gasteiger partial charge is 0.270 e. The zero-order valence-corrected chi connectivity index (χ0v) is 12.7. The molecule has 1 N–H and O–H groups in total. The van der Waals surface area contributed by atoms with E-state index < -0.39 is 0 Å². The molecule has 2 heterocycles. The predicted octanol–water partition coefficient (Wildman–Crippen LogP) is 3.00. The second-order valence-corrected chi connectivity index (χ2v) is 5.60. The number of nitrogens with one attached hydrogen (secondary N) is 1. The lowest BCUT2D eigenvalue weighted by Gasteiger charge is -2.27. The minimum atomic E-state index is -0.122. The highest BCUT2D eigenvalue weighted by molar-refractivity contribution is 5.92. The van der Waals surface area contributed by atoms with Crippen LogP contribution in [0.25, 0.3) is 0 Å². The van der Waals surface area contributed by atoms with Crippen LogP contribution in [0, 0.1) is 0 Å². The van der Waals surface area contributed by atoms with Crippen LogP contribution in [-0.2, 0) is 6.54 Å². The van der Waals surface area contributed by atoms with E-state index in [0.717, 1.165) is 24.5 Å². The van der Waals surface area contributed by atoms with E-state index >= 15 is 0 Å². The molecule has 1 saturated heterocycles. The van der Waals surface area contributed by atoms with Crippen LogP contribution in [0.1, 0.15) is 35.3 Å². The van der Waals surface area contributed by atoms with Crippen molar-refractivity contribution < 1.29 is 4.79 Å². The van der Waals surface area contributed by atoms with Crippen molar-refractivity contribution in [1.29, 1.82) is 0 Å². The number of nitrogens with zero attached hydrogens (tertiary/aromatic N) is 2. The van der Waals surface area contributed by atoms with Gasteiger partial charge in [0.1, 0.15) is 11.5 Å². The van der Waals surface area contributed by atoms with Gasteiger partial charge in [0.2, 0.25) is 0 Å². The van der Waals surface area contributed by atoms with Gasteiger partial charge in [-0.2, -0.15) is 0 Å². The number of pyridine rings is 1. The molecule has 0 bridgehead atoms. The molecule has 4 heteroatoms. The Labute approximate surface area is 131 Å². The summed E-state index contributed by atoms with van der Waals surface area (Å²) >= 11 is 0. The van der Waals surface area contributed by atoms with E-state index in [2.05, 4.69) is 15.2 Å². The number of aromatic nitrogens is 1. The van der Waals surface area contributed by atoms with Crippen LogP contribution in [0.2, 0.25) is 0 Å². The number of benzene rings is 1. The number of piperidine rings is 1. The number of hydrogen-bond donors (Lipinski definition) is 1. The first-order valence-electron chi connectivity index (χ1n) is 7.87. The molecule has 1 aliphatic heterocycles. The van der Waals surface area contributed by atoms with E-state index in [0.29, 0.717) is 12.2 Å². The van der Waals surface area contributed by atoms with Crippen molar-refractivity contribution in [1.82, 2.24) is 10.3 Å². The van der Waals surface area contributed by atoms with Crippen LogP contribution >= 0.6 is 0 Å². The highest BCUT2D eigenvalue weighted by atomic mass is 16.1. The molecular formula is C18H21N3O. The third-order valence-electron chi connectivity index (χ3n) is 3.94. The summed E-state index contributed by atoms with van der Waals surface area (Å²) < 4.78 is 0. The molecule has 0 aliphatic carbocycles. The number of carbonyl (C=O) groups is 1. The highest BCUT2D eigenvalue weighted by Crippen LogP contribution is 2.17. The van der Waals surface area contributed by atoms with Crippen molar-refractivity contribution in [3.63, 3.8) is 0 Å². The van der Waals surface area contributed by atoms with Gasteiger partial charge in [0.15, 0.2) is 0 Å². The van der Waals surface area contributed by atoms with Gasteiger partial charge in [-0.25, -0.2) is 4.98 Å². The van der Waals surface area contributed by atoms with Crippen LogP contribution in [0.5, 0.6) is 0 Å². The lowest BCUT2D eigenvalue weighted by molar-refractivity contribution is 0.0946. The number of hydrogen-bond acceptors (Lipinski definition) is 3. The molecule has 1 aromatic carbocycles. The zero-order chi connectivity index (χ0) is 15.2. The van der Waals surface area contributed by atoms with E-state index in [1.807, 2.05) is 42.5 Å². The summed E-state index contributed by atoms with van der Waals surface area (Å²) in [6, 6.07) is 15.6. The maximum atomic E-state index is 12.3. The maximum absolute atomic E-state index is 12.3. The van der Waals surface area contributed by atoms with E-state index in [1.165, 1.54) is 19.3 Å². The first-order valence-corrected chi connectivity index (χ1v) is 7.87. The molecule has 0 unspecified atom stereocenters. The molecule has 2 aromatic rings. The SMILES string of the molecule is O=C(NCc1ccccc1)c1cccc(N2CCCCC2)n1. The van der Waals surface area contributed by atoms with Crippen molar-refractivity contribution in [2.45, 2.75) is 25.8 Å². The summed E-state index contributed by atoms with van der Waals surface area (Å²) in [5.74, 6) is 0.787. The summed E-state index contributed by atoms with van der Waals surface area (Å²) in [6.45, 7) is 2.58. The Balaban J connectivity index is 1.64. The molecule has 1 amide bonds. The standard InChI is InChI=1S/C18H21N3O/c22-18(19-14-15-8-3-1-4-9-15)16-10-7-11-17(20-16)21-12-5-2-6-13-21/h1,3-4,7-11H,2,5-6,12-14H2,(H,19,22). The van der Waals surface area contributed by atoms with Crippen molar-refractivity contribution in [2.75, 3.05) is 18.0 Å². The molecule has 4 nitrogen and oxygen atoms in total. The fourth-order valence-electron chi connectivity index (χ4n) is 2.72. The lowest BCUT2D eigenvalue weighted by atomic mass is 10.1. The second kappa shape index (κ2) is 7.07. The largest absolute Gasteiger partial charge is 0.357 e. The van der Waals surface area contributed by atoms with Gasteiger partial charge in [-0.05, 0) is 37.0 Å². The van der Waals surface area contributed by atoms with Gasteiger partial charge in [-0.15, -0.1) is 0 Å². The minimum Gasteiger partial charge on any atom is -0.357 e. The van der Waals surface area contributed by atoms with Crippen molar-refractivity contribution >= 4 is 11.7 Å². The van der Waals surface area contributed by atoms with Crippen LogP contribution in [0.4, 0.5) is 5.82 Å². The molecule has 0 radical (unpaired) electrons. The quantitative estimate of drug-likeness (QED) is 0.943. The first-order chi connectivity index (χ1) is 10.8. The maximum Gasteiger partial charge on any atom is 0.270 e. The van der Waals surface area contributed by atoms with Gasteiger partial charge in [-0.3, -0.25) is 4.79 Å². The van der Waals surface area contributed by atoms with Crippen LogP contribution in [-0.4, -0.2) is 24.0 Å². The van der Waals surface area contributed by atoms with E-state index in [-0.39, 0.29) is 5.91 Å². The molecule has 1 aromatic heterocycles. The van der Waals surface area contributed by atoms with Crippen LogP contribution in [0.3, 0.4) is 0 Å². The number of rotatable bonds is 4. The molecule has 0 saturated carbocycles. The monoisotopic (exact) mass is 295 g/mol. The first kappa shape index (κ1) is 14.6. The van der Waals surface area contributed by atoms with Gasteiger partial charge in [0.25, 0.3) is 5.91 Å². The van der Waals surface area contributed by atoms with Crippen LogP contribution < -0.4 is 10.2 Å². The summed E-state index contributed by atoms with van der Waals surface area (Å²) in [5, 5.41) is 2.93. The highest BCUT2D eigenvalue weighted by Gasteiger charge is 2.14. The van der Waals surface area contributed by atoms with Gasteiger partial charge >= 0.3 is 0 Å². The van der Waals surface area contributed by atoms with E-state index in [1.54, 1.807) is 6.07 Å². The number of carbonyl (C=O) groups excluding carboxylic acids is 1. The predicted molar refractivity (Wildman–Crippen MR) is 87.9 cm³/mol. The molecule has 3 rings (SSSR count). The fourth-order valence-corrected chi connectivity index (χ4v) is 2.72. The minimum absolute atomic E-state index is 0.122. The average molecular weight is 295 g/mol. The Morgan fingerprint density at radius 2 is 1.77 bits per heavy atom. The summed E-state index contributed by atoms with van der Waals surface area (Å²) in [7, 11) is 0. The lowest BCUT2D eigenvalue weighted by Crippen LogP contribution is -2.31. The normalized spacial score (nSPS) is 14.6. The van der Waals surface area contributed by atoms with Crippen molar-refractivity contribution in [2.24, 2.45) is 0 Å². The van der Waals surface area contributed by atoms with Gasteiger partial charge in [0.05, 0.1) is 0 Å². The molecule has 0 atom stereocenters. The molecule has 114 valence electrons. The van der Waals surface area contributed by atoms with Gasteiger partial charge in [-0.1, -0.05) is 36.4 Å². The summed E-state index contributed by atoms with van der Waals surface area (Å²) in [5.41, 5.74) is 1.57. The topological polar surface area (TPSA) is 45.2 Å². The Hall–Kier alpha value is -2.36. The number of amides is 1. The summed E-state index contributed by atoms with van der Waals surface area (Å²) in [6.07, 6.45) is 3.69. The van der Waals surface area contributed by atoms with Crippen LogP contribution in [0.15, 0.2) is 48.5 Å². The van der Waals surface area contributed by atoms with Crippen molar-refractivity contribution in [3.8, 4) is 0 Å². The molecule has 22 heavy (non-hydrogen) atoms. The third kappa shape index (κ3) is 3.64. The van der Waals surface area contributed by atoms with Gasteiger partial charge < -0.3 is 10.2 Å². The third-order valence-corrected chi connectivity index (χ3v) is 3.94. The average Bonchev–Trinajstić information content (AvgIpc) is 2.61. The molecule has 0 spiro atoms. The molecular weight excluding hydrogens is 274 g/mol. The van der Waals surface area contributed by atoms with Crippen molar-refractivity contribution in [3.05, 3.63) is 59.8 Å². The number of anilines is 1.